The van der Waals surface area contributed by atoms with Crippen molar-refractivity contribution >= 4 is 5.96 Å². The highest BCUT2D eigenvalue weighted by atomic mass is 15.4. The normalized spacial score (nSPS) is 35.5. The molecule has 0 aromatic rings. The fourth-order valence-electron chi connectivity index (χ4n) is 1.89. The molecule has 0 aromatic carbocycles. The third-order valence-electron chi connectivity index (χ3n) is 2.48. The molecule has 1 aliphatic heterocycles. The SMILES string of the molecule is NNC1=N[C@H]2CCCC[C@H]2N1. The van der Waals surface area contributed by atoms with Gasteiger partial charge in [0.25, 0.3) is 0 Å². The summed E-state index contributed by atoms with van der Waals surface area (Å²) in [6, 6.07) is 1.03. The largest absolute Gasteiger partial charge is 0.350 e. The number of fused-ring (bicyclic) bond motifs is 1. The number of rotatable bonds is 0. The van der Waals surface area contributed by atoms with E-state index in [1.165, 1.54) is 25.7 Å². The van der Waals surface area contributed by atoms with Crippen LogP contribution >= 0.6 is 0 Å². The molecule has 2 rings (SSSR count). The van der Waals surface area contributed by atoms with Gasteiger partial charge in [-0.1, -0.05) is 12.8 Å². The molecule has 2 atom stereocenters. The van der Waals surface area contributed by atoms with Gasteiger partial charge in [0.15, 0.2) is 0 Å². The predicted octanol–water partition coefficient (Wildman–Crippen LogP) is -0.280. The first-order chi connectivity index (χ1) is 5.40. The highest BCUT2D eigenvalue weighted by molar-refractivity contribution is 5.81. The van der Waals surface area contributed by atoms with Crippen LogP contribution in [-0.2, 0) is 0 Å². The van der Waals surface area contributed by atoms with Crippen molar-refractivity contribution < 1.29 is 0 Å². The molecule has 4 nitrogen and oxygen atoms in total. The second kappa shape index (κ2) is 2.70. The minimum absolute atomic E-state index is 0.481. The number of aliphatic imine (C=N–C) groups is 1. The number of hydrazine groups is 1. The maximum Gasteiger partial charge on any atom is 0.206 e. The molecule has 0 unspecified atom stereocenters. The molecule has 0 aromatic heterocycles. The smallest absolute Gasteiger partial charge is 0.206 e. The molecule has 1 heterocycles. The minimum atomic E-state index is 0.481. The van der Waals surface area contributed by atoms with Crippen LogP contribution < -0.4 is 16.6 Å². The molecule has 2 aliphatic rings. The highest BCUT2D eigenvalue weighted by Crippen LogP contribution is 2.23. The standard InChI is InChI=1S/C7H14N4/c8-11-7-9-5-3-1-2-4-6(5)10-7/h5-6H,1-4,8H2,(H2,9,10,11)/t5-,6+. The average molecular weight is 154 g/mol. The molecule has 4 heteroatoms. The molecule has 0 bridgehead atoms. The summed E-state index contributed by atoms with van der Waals surface area (Å²) in [4.78, 5) is 4.40. The zero-order chi connectivity index (χ0) is 7.68. The second-order valence-corrected chi connectivity index (χ2v) is 3.22. The minimum Gasteiger partial charge on any atom is -0.350 e. The zero-order valence-electron chi connectivity index (χ0n) is 6.51. The van der Waals surface area contributed by atoms with Gasteiger partial charge in [-0.3, -0.25) is 5.43 Å². The number of hydrogen-bond acceptors (Lipinski definition) is 4. The van der Waals surface area contributed by atoms with E-state index in [4.69, 9.17) is 5.84 Å². The van der Waals surface area contributed by atoms with Crippen molar-refractivity contribution in [2.45, 2.75) is 37.8 Å². The summed E-state index contributed by atoms with van der Waals surface area (Å²) in [6.45, 7) is 0. The molecule has 62 valence electrons. The van der Waals surface area contributed by atoms with Gasteiger partial charge in [0, 0.05) is 0 Å². The molecule has 4 N–H and O–H groups in total. The Morgan fingerprint density at radius 1 is 1.45 bits per heavy atom. The molecular weight excluding hydrogens is 140 g/mol. The second-order valence-electron chi connectivity index (χ2n) is 3.22. The first-order valence-electron chi connectivity index (χ1n) is 4.21. The first-order valence-corrected chi connectivity index (χ1v) is 4.21. The Morgan fingerprint density at radius 2 is 2.27 bits per heavy atom. The summed E-state index contributed by atoms with van der Waals surface area (Å²) < 4.78 is 0. The van der Waals surface area contributed by atoms with Crippen molar-refractivity contribution in [3.63, 3.8) is 0 Å². The lowest BCUT2D eigenvalue weighted by Crippen LogP contribution is -2.44. The predicted molar refractivity (Wildman–Crippen MR) is 43.9 cm³/mol. The summed E-state index contributed by atoms with van der Waals surface area (Å²) in [7, 11) is 0. The third-order valence-corrected chi connectivity index (χ3v) is 2.48. The van der Waals surface area contributed by atoms with E-state index in [2.05, 4.69) is 15.7 Å². The molecule has 1 aliphatic carbocycles. The highest BCUT2D eigenvalue weighted by Gasteiger charge is 2.30. The van der Waals surface area contributed by atoms with Crippen LogP contribution in [0.1, 0.15) is 25.7 Å². The number of guanidine groups is 1. The molecular formula is C7H14N4. The molecule has 0 amide bonds. The Morgan fingerprint density at radius 3 is 3.00 bits per heavy atom. The van der Waals surface area contributed by atoms with Crippen molar-refractivity contribution in [1.29, 1.82) is 0 Å². The van der Waals surface area contributed by atoms with Gasteiger partial charge in [-0.05, 0) is 12.8 Å². The topological polar surface area (TPSA) is 62.4 Å². The van der Waals surface area contributed by atoms with Crippen molar-refractivity contribution in [3.05, 3.63) is 0 Å². The Balaban J connectivity index is 2.02. The van der Waals surface area contributed by atoms with E-state index >= 15 is 0 Å². The number of hydrogen-bond donors (Lipinski definition) is 3. The summed E-state index contributed by atoms with van der Waals surface area (Å²) in [6.07, 6.45) is 5.08. The van der Waals surface area contributed by atoms with Crippen LogP contribution in [0.3, 0.4) is 0 Å². The summed E-state index contributed by atoms with van der Waals surface area (Å²) in [5, 5.41) is 3.26. The lowest BCUT2D eigenvalue weighted by molar-refractivity contribution is 0.384. The lowest BCUT2D eigenvalue weighted by Gasteiger charge is -2.22. The molecule has 1 fully saturated rings. The average Bonchev–Trinajstić information content (AvgIpc) is 2.46. The summed E-state index contributed by atoms with van der Waals surface area (Å²) >= 11 is 0. The Hall–Kier alpha value is -0.770. The van der Waals surface area contributed by atoms with Crippen molar-refractivity contribution in [2.75, 3.05) is 0 Å². The van der Waals surface area contributed by atoms with Crippen LogP contribution in [0.5, 0.6) is 0 Å². The maximum absolute atomic E-state index is 5.24. The van der Waals surface area contributed by atoms with E-state index < -0.39 is 0 Å². The number of nitrogens with zero attached hydrogens (tertiary/aromatic N) is 1. The van der Waals surface area contributed by atoms with Gasteiger partial charge in [-0.15, -0.1) is 0 Å². The number of nitrogens with two attached hydrogens (primary N) is 1. The van der Waals surface area contributed by atoms with Crippen LogP contribution in [-0.4, -0.2) is 18.0 Å². The summed E-state index contributed by atoms with van der Waals surface area (Å²) in [5.41, 5.74) is 2.56. The van der Waals surface area contributed by atoms with Gasteiger partial charge < -0.3 is 5.32 Å². The van der Waals surface area contributed by atoms with Gasteiger partial charge in [-0.2, -0.15) is 0 Å². The van der Waals surface area contributed by atoms with Crippen LogP contribution in [0.15, 0.2) is 4.99 Å². The molecule has 0 saturated heterocycles. The zero-order valence-corrected chi connectivity index (χ0v) is 6.51. The van der Waals surface area contributed by atoms with Crippen molar-refractivity contribution in [1.82, 2.24) is 10.7 Å². The van der Waals surface area contributed by atoms with Gasteiger partial charge in [0.1, 0.15) is 0 Å². The quantitative estimate of drug-likeness (QED) is 0.332. The Bertz CT molecular complexity index is 177. The van der Waals surface area contributed by atoms with Gasteiger partial charge in [0.2, 0.25) is 5.96 Å². The summed E-state index contributed by atoms with van der Waals surface area (Å²) in [5.74, 6) is 6.01. The lowest BCUT2D eigenvalue weighted by atomic mass is 9.92. The van der Waals surface area contributed by atoms with Gasteiger partial charge in [-0.25, -0.2) is 10.8 Å². The van der Waals surface area contributed by atoms with E-state index in [0.717, 1.165) is 5.96 Å². The molecule has 0 spiro atoms. The van der Waals surface area contributed by atoms with Crippen LogP contribution in [0, 0.1) is 0 Å². The van der Waals surface area contributed by atoms with Crippen LogP contribution in [0.25, 0.3) is 0 Å². The van der Waals surface area contributed by atoms with Crippen molar-refractivity contribution in [2.24, 2.45) is 10.8 Å². The monoisotopic (exact) mass is 154 g/mol. The molecule has 0 radical (unpaired) electrons. The molecule has 11 heavy (non-hydrogen) atoms. The Kier molecular flexibility index (Phi) is 1.69. The Labute approximate surface area is 66.2 Å². The number of nitrogens with one attached hydrogen (secondary N) is 2. The maximum atomic E-state index is 5.24. The van der Waals surface area contributed by atoms with Crippen LogP contribution in [0.2, 0.25) is 0 Å². The van der Waals surface area contributed by atoms with E-state index in [0.29, 0.717) is 12.1 Å². The fraction of sp³-hybridized carbons (Fsp3) is 0.857. The third kappa shape index (κ3) is 1.18. The molecule has 1 saturated carbocycles. The first kappa shape index (κ1) is 6.91. The van der Waals surface area contributed by atoms with Crippen LogP contribution in [0.4, 0.5) is 0 Å². The van der Waals surface area contributed by atoms with E-state index in [1.807, 2.05) is 0 Å². The van der Waals surface area contributed by atoms with E-state index in [-0.39, 0.29) is 0 Å². The van der Waals surface area contributed by atoms with E-state index in [9.17, 15) is 0 Å². The fourth-order valence-corrected chi connectivity index (χ4v) is 1.89. The van der Waals surface area contributed by atoms with E-state index in [1.54, 1.807) is 0 Å². The van der Waals surface area contributed by atoms with Gasteiger partial charge in [0.05, 0.1) is 12.1 Å². The van der Waals surface area contributed by atoms with Gasteiger partial charge >= 0.3 is 0 Å². The van der Waals surface area contributed by atoms with Crippen molar-refractivity contribution in [3.8, 4) is 0 Å².